The number of primary amides is 1. The van der Waals surface area contributed by atoms with Gasteiger partial charge in [-0.05, 0) is 18.1 Å². The molecule has 0 unspecified atom stereocenters. The third-order valence-corrected chi connectivity index (χ3v) is 2.89. The number of nitrogens with one attached hydrogen (secondary N) is 2. The Labute approximate surface area is 124 Å². The summed E-state index contributed by atoms with van der Waals surface area (Å²) >= 11 is 0. The molecule has 0 aliphatic rings. The Hall–Kier alpha value is -1.95. The maximum atomic E-state index is 13.7. The number of carbonyl (C=O) groups is 2. The van der Waals surface area contributed by atoms with Crippen LogP contribution in [0.1, 0.15) is 36.2 Å². The van der Waals surface area contributed by atoms with Crippen molar-refractivity contribution < 1.29 is 14.0 Å². The van der Waals surface area contributed by atoms with Crippen molar-refractivity contribution in [2.24, 2.45) is 11.7 Å². The van der Waals surface area contributed by atoms with Crippen LogP contribution in [0.2, 0.25) is 0 Å². The molecule has 4 N–H and O–H groups in total. The number of halogens is 1. The zero-order valence-electron chi connectivity index (χ0n) is 12.4. The van der Waals surface area contributed by atoms with Crippen LogP contribution in [0, 0.1) is 11.7 Å². The predicted molar refractivity (Wildman–Crippen MR) is 79.1 cm³/mol. The second-order valence-corrected chi connectivity index (χ2v) is 5.30. The molecule has 0 fully saturated rings. The monoisotopic (exact) mass is 295 g/mol. The van der Waals surface area contributed by atoms with E-state index in [2.05, 4.69) is 10.6 Å². The van der Waals surface area contributed by atoms with Gasteiger partial charge in [0.05, 0.1) is 0 Å². The molecule has 0 heterocycles. The fourth-order valence-corrected chi connectivity index (χ4v) is 1.68. The molecule has 0 saturated carbocycles. The first kappa shape index (κ1) is 17.1. The second-order valence-electron chi connectivity index (χ2n) is 5.30. The Bertz CT molecular complexity index is 504. The smallest absolute Gasteiger partial charge is 0.248 e. The Morgan fingerprint density at radius 1 is 1.33 bits per heavy atom. The number of hydrogen-bond donors (Lipinski definition) is 3. The summed E-state index contributed by atoms with van der Waals surface area (Å²) in [5, 5.41) is 5.80. The highest BCUT2D eigenvalue weighted by molar-refractivity contribution is 5.92. The summed E-state index contributed by atoms with van der Waals surface area (Å²) in [5.74, 6) is -0.751. The molecule has 1 aromatic carbocycles. The van der Waals surface area contributed by atoms with E-state index in [0.29, 0.717) is 37.5 Å². The maximum absolute atomic E-state index is 13.7. The molecule has 0 bridgehead atoms. The van der Waals surface area contributed by atoms with Crippen molar-refractivity contribution >= 4 is 11.8 Å². The minimum atomic E-state index is -0.657. The van der Waals surface area contributed by atoms with Gasteiger partial charge in [0.25, 0.3) is 0 Å². The Balaban J connectivity index is 2.33. The van der Waals surface area contributed by atoms with Crippen LogP contribution in [0.5, 0.6) is 0 Å². The van der Waals surface area contributed by atoms with E-state index < -0.39 is 11.7 Å². The van der Waals surface area contributed by atoms with E-state index in [1.165, 1.54) is 12.1 Å². The van der Waals surface area contributed by atoms with Gasteiger partial charge in [0.2, 0.25) is 11.8 Å². The molecule has 2 amide bonds. The first-order valence-corrected chi connectivity index (χ1v) is 6.95. The molecular weight excluding hydrogens is 273 g/mol. The van der Waals surface area contributed by atoms with E-state index in [4.69, 9.17) is 5.73 Å². The Kier molecular flexibility index (Phi) is 6.81. The van der Waals surface area contributed by atoms with E-state index in [-0.39, 0.29) is 11.5 Å². The summed E-state index contributed by atoms with van der Waals surface area (Å²) in [6, 6.07) is 4.12. The molecule has 21 heavy (non-hydrogen) atoms. The SMILES string of the molecule is CC(C)CNC(=O)CCNCc1ccc(C(N)=O)cc1F. The van der Waals surface area contributed by atoms with Crippen LogP contribution >= 0.6 is 0 Å². The van der Waals surface area contributed by atoms with E-state index in [1.54, 1.807) is 0 Å². The van der Waals surface area contributed by atoms with Crippen molar-refractivity contribution in [3.8, 4) is 0 Å². The average molecular weight is 295 g/mol. The molecule has 0 radical (unpaired) electrons. The van der Waals surface area contributed by atoms with Crippen LogP contribution < -0.4 is 16.4 Å². The third-order valence-electron chi connectivity index (χ3n) is 2.89. The Morgan fingerprint density at radius 2 is 2.05 bits per heavy atom. The van der Waals surface area contributed by atoms with Crippen LogP contribution in [0.4, 0.5) is 4.39 Å². The first-order chi connectivity index (χ1) is 9.90. The van der Waals surface area contributed by atoms with Crippen LogP contribution in [-0.2, 0) is 11.3 Å². The average Bonchev–Trinajstić information content (AvgIpc) is 2.42. The lowest BCUT2D eigenvalue weighted by Gasteiger charge is -2.09. The fraction of sp³-hybridized carbons (Fsp3) is 0.467. The van der Waals surface area contributed by atoms with Crippen molar-refractivity contribution in [3.05, 3.63) is 35.1 Å². The number of nitrogens with two attached hydrogens (primary N) is 1. The van der Waals surface area contributed by atoms with Crippen molar-refractivity contribution in [1.82, 2.24) is 10.6 Å². The van der Waals surface area contributed by atoms with Gasteiger partial charge in [0.15, 0.2) is 0 Å². The summed E-state index contributed by atoms with van der Waals surface area (Å²) in [6.07, 6.45) is 0.341. The van der Waals surface area contributed by atoms with Gasteiger partial charge in [-0.15, -0.1) is 0 Å². The summed E-state index contributed by atoms with van der Waals surface area (Å²) < 4.78 is 13.7. The zero-order valence-corrected chi connectivity index (χ0v) is 12.4. The van der Waals surface area contributed by atoms with E-state index in [0.717, 1.165) is 6.07 Å². The third kappa shape index (κ3) is 6.35. The van der Waals surface area contributed by atoms with Gasteiger partial charge in [-0.25, -0.2) is 4.39 Å². The highest BCUT2D eigenvalue weighted by Crippen LogP contribution is 2.10. The van der Waals surface area contributed by atoms with Gasteiger partial charge >= 0.3 is 0 Å². The van der Waals surface area contributed by atoms with Crippen molar-refractivity contribution in [2.75, 3.05) is 13.1 Å². The molecule has 6 heteroatoms. The van der Waals surface area contributed by atoms with Crippen molar-refractivity contribution in [2.45, 2.75) is 26.8 Å². The van der Waals surface area contributed by atoms with Crippen LogP contribution in [0.25, 0.3) is 0 Å². The lowest BCUT2D eigenvalue weighted by Crippen LogP contribution is -2.30. The maximum Gasteiger partial charge on any atom is 0.248 e. The molecule has 0 spiro atoms. The quantitative estimate of drug-likeness (QED) is 0.630. The number of amides is 2. The molecule has 0 aliphatic carbocycles. The van der Waals surface area contributed by atoms with Gasteiger partial charge in [0.1, 0.15) is 5.82 Å². The standard InChI is InChI=1S/C15H22FN3O2/c1-10(2)8-19-14(20)5-6-18-9-12-4-3-11(15(17)21)7-13(12)16/h3-4,7,10,18H,5-6,8-9H2,1-2H3,(H2,17,21)(H,19,20). The molecule has 116 valence electrons. The van der Waals surface area contributed by atoms with Gasteiger partial charge in [0, 0.05) is 37.2 Å². The molecule has 5 nitrogen and oxygen atoms in total. The van der Waals surface area contributed by atoms with Crippen LogP contribution in [0.3, 0.4) is 0 Å². The van der Waals surface area contributed by atoms with Crippen LogP contribution in [0.15, 0.2) is 18.2 Å². The second kappa shape index (κ2) is 8.36. The lowest BCUT2D eigenvalue weighted by atomic mass is 10.1. The zero-order chi connectivity index (χ0) is 15.8. The summed E-state index contributed by atoms with van der Waals surface area (Å²) in [4.78, 5) is 22.4. The summed E-state index contributed by atoms with van der Waals surface area (Å²) in [5.41, 5.74) is 5.65. The molecular formula is C15H22FN3O2. The molecule has 0 atom stereocenters. The molecule has 1 aromatic rings. The summed E-state index contributed by atoms with van der Waals surface area (Å²) in [6.45, 7) is 5.46. The minimum Gasteiger partial charge on any atom is -0.366 e. The number of hydrogen-bond acceptors (Lipinski definition) is 3. The highest BCUT2D eigenvalue weighted by atomic mass is 19.1. The number of rotatable bonds is 8. The molecule has 0 saturated heterocycles. The van der Waals surface area contributed by atoms with Gasteiger partial charge < -0.3 is 16.4 Å². The van der Waals surface area contributed by atoms with Crippen molar-refractivity contribution in [1.29, 1.82) is 0 Å². The highest BCUT2D eigenvalue weighted by Gasteiger charge is 2.07. The van der Waals surface area contributed by atoms with Gasteiger partial charge in [-0.1, -0.05) is 19.9 Å². The van der Waals surface area contributed by atoms with Gasteiger partial charge in [-0.2, -0.15) is 0 Å². The van der Waals surface area contributed by atoms with E-state index in [9.17, 15) is 14.0 Å². The van der Waals surface area contributed by atoms with E-state index >= 15 is 0 Å². The Morgan fingerprint density at radius 3 is 2.62 bits per heavy atom. The lowest BCUT2D eigenvalue weighted by molar-refractivity contribution is -0.121. The first-order valence-electron chi connectivity index (χ1n) is 6.95. The van der Waals surface area contributed by atoms with Crippen LogP contribution in [-0.4, -0.2) is 24.9 Å². The summed E-state index contributed by atoms with van der Waals surface area (Å²) in [7, 11) is 0. The molecule has 0 aliphatic heterocycles. The largest absolute Gasteiger partial charge is 0.366 e. The fourth-order valence-electron chi connectivity index (χ4n) is 1.68. The molecule has 1 rings (SSSR count). The van der Waals surface area contributed by atoms with Crippen molar-refractivity contribution in [3.63, 3.8) is 0 Å². The van der Waals surface area contributed by atoms with E-state index in [1.807, 2.05) is 13.8 Å². The minimum absolute atomic E-state index is 0.0271. The predicted octanol–water partition coefficient (Wildman–Crippen LogP) is 1.18. The number of benzene rings is 1. The number of carbonyl (C=O) groups excluding carboxylic acids is 2. The topological polar surface area (TPSA) is 84.2 Å². The van der Waals surface area contributed by atoms with Gasteiger partial charge in [-0.3, -0.25) is 9.59 Å². The normalized spacial score (nSPS) is 10.7. The molecule has 0 aromatic heterocycles.